The molecule has 0 unspecified atom stereocenters. The standard InChI is InChI=1S/C19H20Cl2N2O5S/c1-26-17-9-15(21)19(10-14(17)20)29(24,25)23-6-4-22(5-7-23)11-13-2-3-16-18(8-13)28-12-27-16/h2-3,8-10H,4-7,11-12H2,1H3/p+1. The highest BCUT2D eigenvalue weighted by atomic mass is 35.5. The summed E-state index contributed by atoms with van der Waals surface area (Å²) < 4.78 is 43.4. The fourth-order valence-electron chi connectivity index (χ4n) is 3.56. The van der Waals surface area contributed by atoms with Gasteiger partial charge in [0.05, 0.1) is 43.3 Å². The monoisotopic (exact) mass is 459 g/mol. The van der Waals surface area contributed by atoms with E-state index in [1.807, 2.05) is 18.2 Å². The molecule has 2 aromatic carbocycles. The zero-order valence-electron chi connectivity index (χ0n) is 15.8. The van der Waals surface area contributed by atoms with Crippen molar-refractivity contribution >= 4 is 33.2 Å². The van der Waals surface area contributed by atoms with Crippen molar-refractivity contribution in [2.45, 2.75) is 11.4 Å². The molecule has 0 radical (unpaired) electrons. The number of methoxy groups -OCH3 is 1. The van der Waals surface area contributed by atoms with Crippen LogP contribution in [0, 0.1) is 0 Å². The van der Waals surface area contributed by atoms with E-state index < -0.39 is 10.0 Å². The van der Waals surface area contributed by atoms with Gasteiger partial charge in [-0.1, -0.05) is 23.2 Å². The van der Waals surface area contributed by atoms with Gasteiger partial charge in [-0.2, -0.15) is 4.31 Å². The molecular formula is C19H21Cl2N2O5S+. The van der Waals surface area contributed by atoms with Gasteiger partial charge < -0.3 is 19.1 Å². The van der Waals surface area contributed by atoms with Crippen molar-refractivity contribution in [3.63, 3.8) is 0 Å². The molecule has 0 bridgehead atoms. The molecule has 29 heavy (non-hydrogen) atoms. The van der Waals surface area contributed by atoms with Crippen LogP contribution in [0.15, 0.2) is 35.2 Å². The van der Waals surface area contributed by atoms with Crippen LogP contribution in [0.2, 0.25) is 10.0 Å². The first kappa shape index (κ1) is 20.6. The first-order chi connectivity index (χ1) is 13.9. The molecule has 2 heterocycles. The molecule has 0 amide bonds. The van der Waals surface area contributed by atoms with Crippen LogP contribution < -0.4 is 19.1 Å². The Kier molecular flexibility index (Phi) is 5.81. The predicted octanol–water partition coefficient (Wildman–Crippen LogP) is 1.82. The second kappa shape index (κ2) is 8.20. The number of nitrogens with one attached hydrogen (secondary N) is 1. The minimum atomic E-state index is -3.73. The van der Waals surface area contributed by atoms with Gasteiger partial charge in [0.1, 0.15) is 17.2 Å². The van der Waals surface area contributed by atoms with Crippen molar-refractivity contribution < 1.29 is 27.5 Å². The van der Waals surface area contributed by atoms with Crippen LogP contribution in [-0.4, -0.2) is 52.8 Å². The van der Waals surface area contributed by atoms with E-state index in [-0.39, 0.29) is 21.7 Å². The Morgan fingerprint density at radius 2 is 1.79 bits per heavy atom. The predicted molar refractivity (Wildman–Crippen MR) is 109 cm³/mol. The number of quaternary nitrogens is 1. The van der Waals surface area contributed by atoms with Gasteiger partial charge in [0, 0.05) is 11.6 Å². The van der Waals surface area contributed by atoms with Crippen LogP contribution >= 0.6 is 23.2 Å². The Labute approximate surface area is 179 Å². The fraction of sp³-hybridized carbons (Fsp3) is 0.368. The molecule has 0 atom stereocenters. The van der Waals surface area contributed by atoms with Crippen molar-refractivity contribution in [1.29, 1.82) is 0 Å². The van der Waals surface area contributed by atoms with E-state index in [9.17, 15) is 8.42 Å². The molecular weight excluding hydrogens is 439 g/mol. The van der Waals surface area contributed by atoms with E-state index in [4.69, 9.17) is 37.4 Å². The summed E-state index contributed by atoms with van der Waals surface area (Å²) in [6.45, 7) is 3.23. The molecule has 156 valence electrons. The maximum atomic E-state index is 13.1. The lowest BCUT2D eigenvalue weighted by Gasteiger charge is -2.31. The topological polar surface area (TPSA) is 69.5 Å². The summed E-state index contributed by atoms with van der Waals surface area (Å²) in [5, 5.41) is 0.309. The summed E-state index contributed by atoms with van der Waals surface area (Å²) in [4.78, 5) is 1.30. The number of hydrogen-bond donors (Lipinski definition) is 1. The molecule has 0 aromatic heterocycles. The first-order valence-corrected chi connectivity index (χ1v) is 11.3. The summed E-state index contributed by atoms with van der Waals surface area (Å²) in [5.74, 6) is 1.86. The average molecular weight is 460 g/mol. The van der Waals surface area contributed by atoms with Gasteiger partial charge in [-0.25, -0.2) is 8.42 Å². The molecule has 10 heteroatoms. The SMILES string of the molecule is COc1cc(Cl)c(S(=O)(=O)N2CC[NH+](Cc3ccc4c(c3)OCO4)CC2)cc1Cl. The highest BCUT2D eigenvalue weighted by Gasteiger charge is 2.32. The number of rotatable bonds is 5. The summed E-state index contributed by atoms with van der Waals surface area (Å²) in [6.07, 6.45) is 0. The largest absolute Gasteiger partial charge is 0.495 e. The first-order valence-electron chi connectivity index (χ1n) is 9.14. The number of sulfonamides is 1. The van der Waals surface area contributed by atoms with Gasteiger partial charge in [-0.15, -0.1) is 0 Å². The zero-order valence-corrected chi connectivity index (χ0v) is 18.1. The van der Waals surface area contributed by atoms with Crippen molar-refractivity contribution in [1.82, 2.24) is 4.31 Å². The number of piperazine rings is 1. The van der Waals surface area contributed by atoms with Crippen LogP contribution in [0.4, 0.5) is 0 Å². The summed E-state index contributed by atoms with van der Waals surface area (Å²) in [5.41, 5.74) is 1.13. The van der Waals surface area contributed by atoms with E-state index in [1.54, 1.807) is 0 Å². The maximum absolute atomic E-state index is 13.1. The van der Waals surface area contributed by atoms with E-state index in [0.29, 0.717) is 31.9 Å². The molecule has 2 aliphatic rings. The molecule has 0 aliphatic carbocycles. The van der Waals surface area contributed by atoms with E-state index >= 15 is 0 Å². The highest BCUT2D eigenvalue weighted by Crippen LogP contribution is 2.35. The lowest BCUT2D eigenvalue weighted by molar-refractivity contribution is -0.917. The second-order valence-electron chi connectivity index (χ2n) is 6.94. The number of ether oxygens (including phenoxy) is 3. The number of fused-ring (bicyclic) bond motifs is 1. The normalized spacial score (nSPS) is 17.5. The number of nitrogens with zero attached hydrogens (tertiary/aromatic N) is 1. The van der Waals surface area contributed by atoms with Crippen LogP contribution in [-0.2, 0) is 16.6 Å². The third-order valence-corrected chi connectivity index (χ3v) is 7.80. The Balaban J connectivity index is 1.43. The Hall–Kier alpha value is -1.71. The molecule has 1 fully saturated rings. The van der Waals surface area contributed by atoms with Crippen LogP contribution in [0.3, 0.4) is 0 Å². The molecule has 2 aliphatic heterocycles. The van der Waals surface area contributed by atoms with Gasteiger partial charge in [0.2, 0.25) is 16.8 Å². The van der Waals surface area contributed by atoms with Crippen molar-refractivity contribution in [3.05, 3.63) is 45.9 Å². The third-order valence-electron chi connectivity index (χ3n) is 5.14. The van der Waals surface area contributed by atoms with Crippen LogP contribution in [0.5, 0.6) is 17.2 Å². The molecule has 7 nitrogen and oxygen atoms in total. The number of halogens is 2. The zero-order chi connectivity index (χ0) is 20.6. The third kappa shape index (κ3) is 4.13. The van der Waals surface area contributed by atoms with Crippen molar-refractivity contribution in [3.8, 4) is 17.2 Å². The number of hydrogen-bond acceptors (Lipinski definition) is 5. The second-order valence-corrected chi connectivity index (χ2v) is 9.66. The molecule has 1 saturated heterocycles. The van der Waals surface area contributed by atoms with E-state index in [1.165, 1.54) is 28.4 Å². The quantitative estimate of drug-likeness (QED) is 0.738. The van der Waals surface area contributed by atoms with E-state index in [0.717, 1.165) is 23.6 Å². The van der Waals surface area contributed by atoms with Gasteiger partial charge in [-0.3, -0.25) is 0 Å². The summed E-state index contributed by atoms with van der Waals surface area (Å²) >= 11 is 12.3. The Bertz CT molecular complexity index is 1020. The van der Waals surface area contributed by atoms with Crippen LogP contribution in [0.25, 0.3) is 0 Å². The molecule has 0 saturated carbocycles. The van der Waals surface area contributed by atoms with Crippen molar-refractivity contribution in [2.24, 2.45) is 0 Å². The molecule has 4 rings (SSSR count). The summed E-state index contributed by atoms with van der Waals surface area (Å²) in [7, 11) is -2.28. The number of benzene rings is 2. The fourth-order valence-corrected chi connectivity index (χ4v) is 5.83. The molecule has 1 N–H and O–H groups in total. The maximum Gasteiger partial charge on any atom is 0.245 e. The molecule has 0 spiro atoms. The summed E-state index contributed by atoms with van der Waals surface area (Å²) in [6, 6.07) is 8.69. The van der Waals surface area contributed by atoms with Gasteiger partial charge in [0.25, 0.3) is 0 Å². The lowest BCUT2D eigenvalue weighted by Crippen LogP contribution is -3.13. The van der Waals surface area contributed by atoms with Gasteiger partial charge in [0.15, 0.2) is 11.5 Å². The van der Waals surface area contributed by atoms with Crippen molar-refractivity contribution in [2.75, 3.05) is 40.1 Å². The van der Waals surface area contributed by atoms with Gasteiger partial charge in [-0.05, 0) is 24.3 Å². The van der Waals surface area contributed by atoms with E-state index in [2.05, 4.69) is 0 Å². The highest BCUT2D eigenvalue weighted by molar-refractivity contribution is 7.89. The van der Waals surface area contributed by atoms with Gasteiger partial charge >= 0.3 is 0 Å². The lowest BCUT2D eigenvalue weighted by atomic mass is 10.2. The average Bonchev–Trinajstić information content (AvgIpc) is 3.17. The minimum absolute atomic E-state index is 0.00388. The van der Waals surface area contributed by atoms with Crippen LogP contribution in [0.1, 0.15) is 5.56 Å². The Morgan fingerprint density at radius 3 is 2.52 bits per heavy atom. The minimum Gasteiger partial charge on any atom is -0.495 e. The molecule has 2 aromatic rings. The smallest absolute Gasteiger partial charge is 0.245 e. The Morgan fingerprint density at radius 1 is 1.07 bits per heavy atom.